The third-order valence-electron chi connectivity index (χ3n) is 6.72. The predicted molar refractivity (Wildman–Crippen MR) is 139 cm³/mol. The molecule has 0 unspecified atom stereocenters. The van der Waals surface area contributed by atoms with Gasteiger partial charge in [0.15, 0.2) is 0 Å². The fourth-order valence-corrected chi connectivity index (χ4v) is 4.81. The van der Waals surface area contributed by atoms with Crippen LogP contribution in [0.25, 0.3) is 12.2 Å². The molecule has 0 aromatic heterocycles. The fourth-order valence-electron chi connectivity index (χ4n) is 4.81. The molecule has 5 rings (SSSR count). The fraction of sp³-hybridized carbons (Fsp3) is 0.207. The Kier molecular flexibility index (Phi) is 6.54. The summed E-state index contributed by atoms with van der Waals surface area (Å²) in [5, 5.41) is 10.0. The quantitative estimate of drug-likeness (QED) is 0.588. The van der Waals surface area contributed by atoms with Crippen molar-refractivity contribution in [3.63, 3.8) is 0 Å². The molecule has 182 valence electrons. The van der Waals surface area contributed by atoms with Gasteiger partial charge in [0.25, 0.3) is 0 Å². The second-order valence-corrected chi connectivity index (χ2v) is 8.94. The molecule has 0 saturated carbocycles. The highest BCUT2D eigenvalue weighted by Crippen LogP contribution is 2.37. The zero-order valence-electron chi connectivity index (χ0n) is 19.8. The Labute approximate surface area is 209 Å². The molecule has 7 nitrogen and oxygen atoms in total. The SMILES string of the molecule is O=C(O)[C@@H]1CN(C(=O)CCc2ccccc2)CCN1C(=O)N1c2ccccc2C=Cc2ccccc21. The molecule has 1 saturated heterocycles. The van der Waals surface area contributed by atoms with E-state index in [4.69, 9.17) is 0 Å². The van der Waals surface area contributed by atoms with E-state index in [-0.39, 0.29) is 19.0 Å². The van der Waals surface area contributed by atoms with Crippen LogP contribution < -0.4 is 4.90 Å². The summed E-state index contributed by atoms with van der Waals surface area (Å²) < 4.78 is 0. The van der Waals surface area contributed by atoms with E-state index >= 15 is 0 Å². The first-order chi connectivity index (χ1) is 17.5. The Balaban J connectivity index is 1.38. The Morgan fingerprint density at radius 2 is 1.36 bits per heavy atom. The number of carbonyl (C=O) groups excluding carboxylic acids is 2. The van der Waals surface area contributed by atoms with E-state index in [0.717, 1.165) is 16.7 Å². The number of amides is 3. The average Bonchev–Trinajstić information content (AvgIpc) is 3.08. The molecule has 36 heavy (non-hydrogen) atoms. The van der Waals surface area contributed by atoms with Crippen LogP contribution in [0.3, 0.4) is 0 Å². The molecule has 3 amide bonds. The Morgan fingerprint density at radius 1 is 0.778 bits per heavy atom. The van der Waals surface area contributed by atoms with Crippen molar-refractivity contribution in [3.8, 4) is 0 Å². The summed E-state index contributed by atoms with van der Waals surface area (Å²) in [6.45, 7) is 0.393. The van der Waals surface area contributed by atoms with Gasteiger partial charge in [-0.1, -0.05) is 78.9 Å². The minimum absolute atomic E-state index is 0.0376. The Hall–Kier alpha value is -4.39. The third kappa shape index (κ3) is 4.60. The number of nitrogens with zero attached hydrogens (tertiary/aromatic N) is 3. The average molecular weight is 482 g/mol. The topological polar surface area (TPSA) is 81.2 Å². The molecule has 3 aromatic rings. The molecule has 0 radical (unpaired) electrons. The smallest absolute Gasteiger partial charge is 0.330 e. The maximum Gasteiger partial charge on any atom is 0.330 e. The summed E-state index contributed by atoms with van der Waals surface area (Å²) in [5.74, 6) is -1.23. The second-order valence-electron chi connectivity index (χ2n) is 8.94. The van der Waals surface area contributed by atoms with Crippen molar-refractivity contribution in [3.05, 3.63) is 95.6 Å². The summed E-state index contributed by atoms with van der Waals surface area (Å²) >= 11 is 0. The van der Waals surface area contributed by atoms with Crippen LogP contribution in [0.5, 0.6) is 0 Å². The minimum atomic E-state index is -1.14. The number of fused-ring (bicyclic) bond motifs is 2. The van der Waals surface area contributed by atoms with Gasteiger partial charge in [-0.3, -0.25) is 9.69 Å². The van der Waals surface area contributed by atoms with Crippen LogP contribution in [-0.2, 0) is 16.0 Å². The number of para-hydroxylation sites is 2. The Morgan fingerprint density at radius 3 is 1.97 bits per heavy atom. The lowest BCUT2D eigenvalue weighted by Crippen LogP contribution is -2.61. The molecule has 7 heteroatoms. The lowest BCUT2D eigenvalue weighted by Gasteiger charge is -2.41. The molecular weight excluding hydrogens is 454 g/mol. The summed E-state index contributed by atoms with van der Waals surface area (Å²) in [5.41, 5.74) is 4.16. The van der Waals surface area contributed by atoms with Crippen LogP contribution >= 0.6 is 0 Å². The number of aliphatic carboxylic acids is 1. The summed E-state index contributed by atoms with van der Waals surface area (Å²) in [6.07, 6.45) is 4.80. The van der Waals surface area contributed by atoms with E-state index in [9.17, 15) is 19.5 Å². The lowest BCUT2D eigenvalue weighted by molar-refractivity contribution is -0.146. The van der Waals surface area contributed by atoms with Crippen molar-refractivity contribution in [2.45, 2.75) is 18.9 Å². The number of urea groups is 1. The van der Waals surface area contributed by atoms with Gasteiger partial charge in [-0.2, -0.15) is 0 Å². The molecule has 0 aliphatic carbocycles. The van der Waals surface area contributed by atoms with Gasteiger partial charge < -0.3 is 14.9 Å². The van der Waals surface area contributed by atoms with Crippen LogP contribution in [-0.4, -0.2) is 58.5 Å². The zero-order valence-corrected chi connectivity index (χ0v) is 19.8. The first kappa shape index (κ1) is 23.4. The second kappa shape index (κ2) is 10.1. The van der Waals surface area contributed by atoms with Crippen LogP contribution in [0.1, 0.15) is 23.1 Å². The molecule has 2 aliphatic heterocycles. The van der Waals surface area contributed by atoms with Gasteiger partial charge >= 0.3 is 12.0 Å². The summed E-state index contributed by atoms with van der Waals surface area (Å²) in [7, 11) is 0. The highest BCUT2D eigenvalue weighted by Gasteiger charge is 2.40. The summed E-state index contributed by atoms with van der Waals surface area (Å²) in [6, 6.07) is 23.3. The van der Waals surface area contributed by atoms with Gasteiger partial charge in [0.2, 0.25) is 5.91 Å². The number of carboxylic acids is 1. The van der Waals surface area contributed by atoms with Crippen molar-refractivity contribution in [1.29, 1.82) is 0 Å². The first-order valence-electron chi connectivity index (χ1n) is 12.0. The monoisotopic (exact) mass is 481 g/mol. The van der Waals surface area contributed by atoms with Crippen LogP contribution in [0.15, 0.2) is 78.9 Å². The minimum Gasteiger partial charge on any atom is -0.480 e. The van der Waals surface area contributed by atoms with Gasteiger partial charge in [-0.05, 0) is 35.2 Å². The number of carboxylic acid groups (broad SMARTS) is 1. The predicted octanol–water partition coefficient (Wildman–Crippen LogP) is 4.66. The van der Waals surface area contributed by atoms with Gasteiger partial charge in [-0.25, -0.2) is 9.59 Å². The zero-order chi connectivity index (χ0) is 25.1. The molecule has 0 spiro atoms. The maximum atomic E-state index is 14.0. The molecule has 3 aromatic carbocycles. The number of benzene rings is 3. The number of rotatable bonds is 4. The van der Waals surface area contributed by atoms with Crippen molar-refractivity contribution in [2.75, 3.05) is 24.5 Å². The van der Waals surface area contributed by atoms with Gasteiger partial charge in [0.1, 0.15) is 6.04 Å². The molecule has 1 fully saturated rings. The molecule has 1 N–H and O–H groups in total. The third-order valence-corrected chi connectivity index (χ3v) is 6.72. The highest BCUT2D eigenvalue weighted by molar-refractivity contribution is 6.06. The number of hydrogen-bond donors (Lipinski definition) is 1. The van der Waals surface area contributed by atoms with E-state index in [2.05, 4.69) is 0 Å². The number of anilines is 2. The van der Waals surface area contributed by atoms with E-state index in [0.29, 0.717) is 30.8 Å². The van der Waals surface area contributed by atoms with Crippen molar-refractivity contribution in [1.82, 2.24) is 9.80 Å². The van der Waals surface area contributed by atoms with Crippen molar-refractivity contribution >= 4 is 41.4 Å². The van der Waals surface area contributed by atoms with E-state index < -0.39 is 18.0 Å². The molecule has 1 atom stereocenters. The van der Waals surface area contributed by atoms with Gasteiger partial charge in [-0.15, -0.1) is 0 Å². The lowest BCUT2D eigenvalue weighted by atomic mass is 10.1. The van der Waals surface area contributed by atoms with E-state index in [1.165, 1.54) is 4.90 Å². The number of carbonyl (C=O) groups is 3. The Bertz CT molecular complexity index is 1270. The molecule has 0 bridgehead atoms. The normalized spacial score (nSPS) is 16.7. The first-order valence-corrected chi connectivity index (χ1v) is 12.0. The standard InChI is InChI=1S/C29H27N3O4/c33-27(17-14-21-8-2-1-3-9-21)30-18-19-31(26(20-30)28(34)35)29(36)32-24-12-6-4-10-22(24)15-16-23-11-5-7-13-25(23)32/h1-13,15-16,26H,14,17-20H2,(H,34,35)/t26-/m0/s1. The van der Waals surface area contributed by atoms with Gasteiger partial charge in [0, 0.05) is 19.5 Å². The summed E-state index contributed by atoms with van der Waals surface area (Å²) in [4.78, 5) is 43.7. The largest absolute Gasteiger partial charge is 0.480 e. The highest BCUT2D eigenvalue weighted by atomic mass is 16.4. The molecule has 2 heterocycles. The van der Waals surface area contributed by atoms with Crippen molar-refractivity contribution < 1.29 is 19.5 Å². The van der Waals surface area contributed by atoms with Crippen LogP contribution in [0, 0.1) is 0 Å². The van der Waals surface area contributed by atoms with E-state index in [1.54, 1.807) is 9.80 Å². The maximum absolute atomic E-state index is 14.0. The number of piperazine rings is 1. The van der Waals surface area contributed by atoms with Crippen LogP contribution in [0.2, 0.25) is 0 Å². The van der Waals surface area contributed by atoms with Gasteiger partial charge in [0.05, 0.1) is 17.9 Å². The molecule has 2 aliphatic rings. The van der Waals surface area contributed by atoms with Crippen molar-refractivity contribution in [2.24, 2.45) is 0 Å². The van der Waals surface area contributed by atoms with Crippen LogP contribution in [0.4, 0.5) is 16.2 Å². The number of aryl methyl sites for hydroxylation is 1. The number of hydrogen-bond acceptors (Lipinski definition) is 3. The molecular formula is C29H27N3O4. The van der Waals surface area contributed by atoms with E-state index in [1.807, 2.05) is 91.0 Å².